The van der Waals surface area contributed by atoms with Crippen LogP contribution in [0.5, 0.6) is 0 Å². The van der Waals surface area contributed by atoms with Crippen molar-refractivity contribution < 1.29 is 9.53 Å². The van der Waals surface area contributed by atoms with Gasteiger partial charge in [-0.2, -0.15) is 4.80 Å². The summed E-state index contributed by atoms with van der Waals surface area (Å²) in [5.74, 6) is 0.253. The molecule has 0 aliphatic rings. The number of thiophene rings is 1. The normalized spacial score (nSPS) is 10.3. The third kappa shape index (κ3) is 2.64. The number of halogens is 1. The van der Waals surface area contributed by atoms with Crippen molar-refractivity contribution in [3.63, 3.8) is 0 Å². The fourth-order valence-electron chi connectivity index (χ4n) is 1.21. The summed E-state index contributed by atoms with van der Waals surface area (Å²) in [4.78, 5) is 13.3. The summed E-state index contributed by atoms with van der Waals surface area (Å²) in [6.45, 7) is 0. The van der Waals surface area contributed by atoms with Gasteiger partial charge in [-0.3, -0.25) is 0 Å². The molecule has 0 aliphatic heterocycles. The molecule has 17 heavy (non-hydrogen) atoms. The zero-order valence-corrected chi connectivity index (χ0v) is 11.5. The van der Waals surface area contributed by atoms with E-state index in [0.29, 0.717) is 15.3 Å². The molecule has 90 valence electrons. The predicted molar refractivity (Wildman–Crippen MR) is 67.6 cm³/mol. The molecular formula is C9H9BrN4O2S. The second-order valence-electron chi connectivity index (χ2n) is 3.15. The van der Waals surface area contributed by atoms with Crippen LogP contribution >= 0.6 is 27.3 Å². The van der Waals surface area contributed by atoms with Crippen LogP contribution in [0.3, 0.4) is 0 Å². The summed E-state index contributed by atoms with van der Waals surface area (Å²) in [5.41, 5.74) is 0.775. The fourth-order valence-corrected chi connectivity index (χ4v) is 2.37. The van der Waals surface area contributed by atoms with Crippen LogP contribution in [0.1, 0.15) is 9.67 Å². The number of hydrogen-bond acceptors (Lipinski definition) is 6. The largest absolute Gasteiger partial charge is 0.465 e. The number of ether oxygens (including phenoxy) is 1. The summed E-state index contributed by atoms with van der Waals surface area (Å²) in [5, 5.41) is 13.0. The standard InChI is InChI=1S/C9H9BrN4O2S/c1-14-12-7(10)8(13-14)11-5-3-6(17-4-5)9(15)16-2/h3-4H,1-2H3,(H,11,13). The van der Waals surface area contributed by atoms with E-state index < -0.39 is 0 Å². The number of hydrogen-bond donors (Lipinski definition) is 1. The van der Waals surface area contributed by atoms with E-state index in [-0.39, 0.29) is 5.97 Å². The molecule has 0 saturated heterocycles. The average molecular weight is 317 g/mol. The van der Waals surface area contributed by atoms with Crippen molar-refractivity contribution in [2.45, 2.75) is 0 Å². The third-order valence-corrected chi connectivity index (χ3v) is 3.37. The van der Waals surface area contributed by atoms with Gasteiger partial charge in [0.05, 0.1) is 12.8 Å². The van der Waals surface area contributed by atoms with Gasteiger partial charge in [-0.1, -0.05) is 0 Å². The van der Waals surface area contributed by atoms with Gasteiger partial charge in [-0.05, 0) is 22.0 Å². The first-order valence-electron chi connectivity index (χ1n) is 4.61. The first-order chi connectivity index (χ1) is 8.10. The van der Waals surface area contributed by atoms with Crippen LogP contribution in [0.2, 0.25) is 0 Å². The summed E-state index contributed by atoms with van der Waals surface area (Å²) in [6.07, 6.45) is 0. The number of rotatable bonds is 3. The van der Waals surface area contributed by atoms with Crippen molar-refractivity contribution in [1.82, 2.24) is 15.0 Å². The highest BCUT2D eigenvalue weighted by atomic mass is 79.9. The number of anilines is 2. The topological polar surface area (TPSA) is 69.0 Å². The number of aromatic nitrogens is 3. The van der Waals surface area contributed by atoms with Gasteiger partial charge in [0.15, 0.2) is 10.4 Å². The molecule has 0 fully saturated rings. The van der Waals surface area contributed by atoms with Crippen LogP contribution < -0.4 is 5.32 Å². The van der Waals surface area contributed by atoms with E-state index in [9.17, 15) is 4.79 Å². The smallest absolute Gasteiger partial charge is 0.348 e. The van der Waals surface area contributed by atoms with Gasteiger partial charge in [-0.25, -0.2) is 4.79 Å². The molecule has 0 amide bonds. The number of nitrogens with one attached hydrogen (secondary N) is 1. The van der Waals surface area contributed by atoms with Crippen molar-refractivity contribution in [2.24, 2.45) is 7.05 Å². The fraction of sp³-hybridized carbons (Fsp3) is 0.222. The second kappa shape index (κ2) is 4.84. The Morgan fingerprint density at radius 3 is 2.94 bits per heavy atom. The molecule has 0 unspecified atom stereocenters. The number of aryl methyl sites for hydroxylation is 1. The number of carbonyl (C=O) groups excluding carboxylic acids is 1. The molecule has 0 bridgehead atoms. The molecule has 0 saturated carbocycles. The maximum atomic E-state index is 11.3. The zero-order valence-electron chi connectivity index (χ0n) is 9.10. The van der Waals surface area contributed by atoms with Gasteiger partial charge < -0.3 is 10.1 Å². The number of nitrogens with zero attached hydrogens (tertiary/aromatic N) is 3. The van der Waals surface area contributed by atoms with E-state index >= 15 is 0 Å². The van der Waals surface area contributed by atoms with Crippen molar-refractivity contribution in [1.29, 1.82) is 0 Å². The summed E-state index contributed by atoms with van der Waals surface area (Å²) in [7, 11) is 3.08. The lowest BCUT2D eigenvalue weighted by Gasteiger charge is -1.97. The van der Waals surface area contributed by atoms with E-state index in [1.807, 2.05) is 5.38 Å². The Morgan fingerprint density at radius 2 is 2.35 bits per heavy atom. The summed E-state index contributed by atoms with van der Waals surface area (Å²) < 4.78 is 5.25. The van der Waals surface area contributed by atoms with E-state index in [2.05, 4.69) is 36.2 Å². The van der Waals surface area contributed by atoms with Crippen LogP contribution in [0.25, 0.3) is 0 Å². The lowest BCUT2D eigenvalue weighted by atomic mass is 10.4. The Hall–Kier alpha value is -1.41. The SMILES string of the molecule is COC(=O)c1cc(Nc2nn(C)nc2Br)cs1. The van der Waals surface area contributed by atoms with Gasteiger partial charge in [-0.15, -0.1) is 21.5 Å². The molecule has 0 aliphatic carbocycles. The quantitative estimate of drug-likeness (QED) is 0.879. The van der Waals surface area contributed by atoms with E-state index in [1.165, 1.54) is 23.2 Å². The molecule has 2 aromatic rings. The number of esters is 1. The molecule has 0 radical (unpaired) electrons. The molecule has 0 aromatic carbocycles. The Labute approximate surface area is 110 Å². The van der Waals surface area contributed by atoms with Gasteiger partial charge in [0.2, 0.25) is 0 Å². The van der Waals surface area contributed by atoms with E-state index in [4.69, 9.17) is 0 Å². The lowest BCUT2D eigenvalue weighted by Crippen LogP contribution is -1.97. The van der Waals surface area contributed by atoms with Crippen molar-refractivity contribution >= 4 is 44.7 Å². The molecule has 1 N–H and O–H groups in total. The summed E-state index contributed by atoms with van der Waals surface area (Å²) >= 11 is 4.59. The Balaban J connectivity index is 2.17. The molecular weight excluding hydrogens is 308 g/mol. The number of methoxy groups -OCH3 is 1. The molecule has 8 heteroatoms. The minimum absolute atomic E-state index is 0.346. The molecule has 2 heterocycles. The Morgan fingerprint density at radius 1 is 1.59 bits per heavy atom. The zero-order chi connectivity index (χ0) is 12.4. The van der Waals surface area contributed by atoms with Gasteiger partial charge in [0, 0.05) is 12.4 Å². The van der Waals surface area contributed by atoms with Crippen LogP contribution in [0, 0.1) is 0 Å². The van der Waals surface area contributed by atoms with Crippen LogP contribution in [0.15, 0.2) is 16.0 Å². The molecule has 2 aromatic heterocycles. The highest BCUT2D eigenvalue weighted by molar-refractivity contribution is 9.10. The maximum Gasteiger partial charge on any atom is 0.348 e. The third-order valence-electron chi connectivity index (χ3n) is 1.92. The van der Waals surface area contributed by atoms with Crippen LogP contribution in [-0.4, -0.2) is 28.1 Å². The first kappa shape index (κ1) is 12.1. The lowest BCUT2D eigenvalue weighted by molar-refractivity contribution is 0.0606. The van der Waals surface area contributed by atoms with Gasteiger partial charge in [0.25, 0.3) is 0 Å². The van der Waals surface area contributed by atoms with Crippen molar-refractivity contribution in [2.75, 3.05) is 12.4 Å². The van der Waals surface area contributed by atoms with Crippen LogP contribution in [0.4, 0.5) is 11.5 Å². The van der Waals surface area contributed by atoms with Gasteiger partial charge >= 0.3 is 5.97 Å². The highest BCUT2D eigenvalue weighted by Gasteiger charge is 2.11. The molecule has 2 rings (SSSR count). The first-order valence-corrected chi connectivity index (χ1v) is 6.28. The van der Waals surface area contributed by atoms with Gasteiger partial charge in [0.1, 0.15) is 4.88 Å². The Bertz CT molecular complexity index is 551. The highest BCUT2D eigenvalue weighted by Crippen LogP contribution is 2.25. The summed E-state index contributed by atoms with van der Waals surface area (Å²) in [6, 6.07) is 1.71. The number of carbonyl (C=O) groups is 1. The van der Waals surface area contributed by atoms with Crippen LogP contribution in [-0.2, 0) is 11.8 Å². The Kier molecular flexibility index (Phi) is 3.43. The van der Waals surface area contributed by atoms with E-state index in [0.717, 1.165) is 5.69 Å². The van der Waals surface area contributed by atoms with E-state index in [1.54, 1.807) is 13.1 Å². The molecule has 0 atom stereocenters. The maximum absolute atomic E-state index is 11.3. The monoisotopic (exact) mass is 316 g/mol. The molecule has 6 nitrogen and oxygen atoms in total. The predicted octanol–water partition coefficient (Wildman–Crippen LogP) is 2.17. The van der Waals surface area contributed by atoms with Crippen molar-refractivity contribution in [3.05, 3.63) is 20.9 Å². The second-order valence-corrected chi connectivity index (χ2v) is 4.81. The molecule has 0 spiro atoms. The average Bonchev–Trinajstić information content (AvgIpc) is 2.86. The van der Waals surface area contributed by atoms with Crippen molar-refractivity contribution in [3.8, 4) is 0 Å². The minimum atomic E-state index is -0.346. The minimum Gasteiger partial charge on any atom is -0.465 e.